The summed E-state index contributed by atoms with van der Waals surface area (Å²) in [6.07, 6.45) is 3.34. The number of amides is 1. The molecule has 0 aliphatic rings. The predicted octanol–water partition coefficient (Wildman–Crippen LogP) is 2.96. The Morgan fingerprint density at radius 1 is 1.36 bits per heavy atom. The number of anilines is 1. The lowest BCUT2D eigenvalue weighted by Gasteiger charge is -2.24. The molecule has 0 aromatic carbocycles. The van der Waals surface area contributed by atoms with Gasteiger partial charge in [-0.1, -0.05) is 26.7 Å². The van der Waals surface area contributed by atoms with Crippen LogP contribution in [0.2, 0.25) is 0 Å². The smallest absolute Gasteiger partial charge is 0.410 e. The van der Waals surface area contributed by atoms with E-state index in [0.29, 0.717) is 31.2 Å². The van der Waals surface area contributed by atoms with Crippen molar-refractivity contribution in [1.82, 2.24) is 14.7 Å². The molecule has 1 amide bonds. The first-order chi connectivity index (χ1) is 11.7. The Labute approximate surface area is 150 Å². The normalized spacial score (nSPS) is 11.5. The van der Waals surface area contributed by atoms with E-state index in [1.165, 1.54) is 9.58 Å². The summed E-state index contributed by atoms with van der Waals surface area (Å²) in [6.45, 7) is 11.4. The number of hydrogen-bond acceptors (Lipinski definition) is 5. The molecule has 25 heavy (non-hydrogen) atoms. The van der Waals surface area contributed by atoms with Gasteiger partial charge < -0.3 is 15.0 Å². The summed E-state index contributed by atoms with van der Waals surface area (Å²) in [5.74, 6) is 0.464. The van der Waals surface area contributed by atoms with Crippen LogP contribution in [0.25, 0.3) is 0 Å². The molecule has 0 aliphatic heterocycles. The second-order valence-electron chi connectivity index (χ2n) is 7.28. The molecule has 1 heterocycles. The molecule has 1 aromatic rings. The van der Waals surface area contributed by atoms with Gasteiger partial charge in [-0.25, -0.2) is 9.48 Å². The summed E-state index contributed by atoms with van der Waals surface area (Å²) in [5, 5.41) is 7.35. The second-order valence-corrected chi connectivity index (χ2v) is 7.28. The van der Waals surface area contributed by atoms with Crippen molar-refractivity contribution in [3.05, 3.63) is 22.6 Å². The van der Waals surface area contributed by atoms with E-state index < -0.39 is 5.60 Å². The van der Waals surface area contributed by atoms with Gasteiger partial charge >= 0.3 is 6.09 Å². The van der Waals surface area contributed by atoms with Crippen LogP contribution in [-0.4, -0.2) is 46.5 Å². The maximum absolute atomic E-state index is 12.1. The van der Waals surface area contributed by atoms with Crippen molar-refractivity contribution in [3.8, 4) is 0 Å². The molecule has 7 nitrogen and oxygen atoms in total. The molecule has 0 spiro atoms. The highest BCUT2D eigenvalue weighted by atomic mass is 16.6. The van der Waals surface area contributed by atoms with Gasteiger partial charge in [0.25, 0.3) is 5.56 Å². The maximum Gasteiger partial charge on any atom is 0.410 e. The third kappa shape index (κ3) is 7.58. The van der Waals surface area contributed by atoms with Crippen LogP contribution in [0.15, 0.2) is 17.1 Å². The minimum atomic E-state index is -0.512. The SMILES string of the molecule is CCC(CC)Cn1ncc(NCCN(C)C(=O)OC(C)(C)C)cc1=O. The molecule has 1 rings (SSSR count). The topological polar surface area (TPSA) is 76.5 Å². The van der Waals surface area contributed by atoms with Crippen LogP contribution in [0.1, 0.15) is 47.5 Å². The van der Waals surface area contributed by atoms with Crippen LogP contribution >= 0.6 is 0 Å². The maximum atomic E-state index is 12.1. The van der Waals surface area contributed by atoms with Gasteiger partial charge in [-0.15, -0.1) is 0 Å². The highest BCUT2D eigenvalue weighted by molar-refractivity contribution is 5.67. The molecule has 0 radical (unpaired) electrons. The minimum absolute atomic E-state index is 0.114. The summed E-state index contributed by atoms with van der Waals surface area (Å²) in [7, 11) is 1.68. The van der Waals surface area contributed by atoms with Gasteiger partial charge in [0, 0.05) is 32.7 Å². The number of carbonyl (C=O) groups excluding carboxylic acids is 1. The van der Waals surface area contributed by atoms with E-state index >= 15 is 0 Å². The third-order valence-corrected chi connectivity index (χ3v) is 3.94. The zero-order valence-corrected chi connectivity index (χ0v) is 16.3. The molecule has 1 N–H and O–H groups in total. The average Bonchev–Trinajstić information content (AvgIpc) is 2.52. The quantitative estimate of drug-likeness (QED) is 0.778. The standard InChI is InChI=1S/C18H32N4O3/c1-7-14(8-2)13-22-16(23)11-15(12-20-22)19-9-10-21(6)17(24)25-18(3,4)5/h11-12,14,19H,7-10,13H2,1-6H3. The Hall–Kier alpha value is -2.05. The Balaban J connectivity index is 2.52. The van der Waals surface area contributed by atoms with Gasteiger partial charge in [0.15, 0.2) is 0 Å². The molecule has 7 heteroatoms. The lowest BCUT2D eigenvalue weighted by atomic mass is 10.0. The van der Waals surface area contributed by atoms with E-state index in [2.05, 4.69) is 24.3 Å². The van der Waals surface area contributed by atoms with E-state index in [9.17, 15) is 9.59 Å². The summed E-state index contributed by atoms with van der Waals surface area (Å²) in [6, 6.07) is 1.54. The van der Waals surface area contributed by atoms with Crippen LogP contribution in [-0.2, 0) is 11.3 Å². The first kappa shape index (κ1) is 21.0. The largest absolute Gasteiger partial charge is 0.444 e. The number of nitrogens with one attached hydrogen (secondary N) is 1. The van der Waals surface area contributed by atoms with Crippen LogP contribution in [0.3, 0.4) is 0 Å². The van der Waals surface area contributed by atoms with E-state index in [1.807, 2.05) is 20.8 Å². The van der Waals surface area contributed by atoms with Crippen molar-refractivity contribution >= 4 is 11.8 Å². The molecule has 0 saturated heterocycles. The number of nitrogens with zero attached hydrogens (tertiary/aromatic N) is 3. The molecule has 0 fully saturated rings. The Morgan fingerprint density at radius 2 is 2.00 bits per heavy atom. The Kier molecular flexibility index (Phi) is 7.93. The van der Waals surface area contributed by atoms with E-state index in [1.54, 1.807) is 19.3 Å². The van der Waals surface area contributed by atoms with Crippen LogP contribution in [0, 0.1) is 5.92 Å². The number of aromatic nitrogens is 2. The number of likely N-dealkylation sites (N-methyl/N-ethyl adjacent to an activating group) is 1. The number of hydrogen-bond donors (Lipinski definition) is 1. The molecule has 0 atom stereocenters. The molecule has 0 unspecified atom stereocenters. The Bertz CT molecular complexity index is 603. The van der Waals surface area contributed by atoms with Crippen molar-refractivity contribution in [3.63, 3.8) is 0 Å². The van der Waals surface area contributed by atoms with Gasteiger partial charge in [-0.2, -0.15) is 5.10 Å². The molecule has 0 saturated carbocycles. The summed E-state index contributed by atoms with van der Waals surface area (Å²) >= 11 is 0. The van der Waals surface area contributed by atoms with E-state index in [-0.39, 0.29) is 11.7 Å². The minimum Gasteiger partial charge on any atom is -0.444 e. The highest BCUT2D eigenvalue weighted by Gasteiger charge is 2.19. The molecule has 1 aromatic heterocycles. The third-order valence-electron chi connectivity index (χ3n) is 3.94. The van der Waals surface area contributed by atoms with Gasteiger partial charge in [0.2, 0.25) is 0 Å². The first-order valence-corrected chi connectivity index (χ1v) is 8.91. The van der Waals surface area contributed by atoms with Crippen LogP contribution in [0.4, 0.5) is 10.5 Å². The van der Waals surface area contributed by atoms with Crippen molar-refractivity contribution in [1.29, 1.82) is 0 Å². The van der Waals surface area contributed by atoms with Gasteiger partial charge in [-0.05, 0) is 26.7 Å². The van der Waals surface area contributed by atoms with E-state index in [0.717, 1.165) is 12.8 Å². The molecule has 142 valence electrons. The van der Waals surface area contributed by atoms with Gasteiger partial charge in [0.1, 0.15) is 5.60 Å². The zero-order valence-electron chi connectivity index (χ0n) is 16.3. The summed E-state index contributed by atoms with van der Waals surface area (Å²) in [5.41, 5.74) is 0.0305. The lowest BCUT2D eigenvalue weighted by Crippen LogP contribution is -2.36. The monoisotopic (exact) mass is 352 g/mol. The van der Waals surface area contributed by atoms with Crippen molar-refractivity contribution < 1.29 is 9.53 Å². The van der Waals surface area contributed by atoms with E-state index in [4.69, 9.17) is 4.74 Å². The number of ether oxygens (including phenoxy) is 1. The molecular weight excluding hydrogens is 320 g/mol. The van der Waals surface area contributed by atoms with Gasteiger partial charge in [-0.3, -0.25) is 4.79 Å². The molecular formula is C18H32N4O3. The number of rotatable bonds is 8. The molecule has 0 bridgehead atoms. The predicted molar refractivity (Wildman–Crippen MR) is 99.9 cm³/mol. The van der Waals surface area contributed by atoms with Crippen molar-refractivity contribution in [2.45, 2.75) is 59.6 Å². The second kappa shape index (κ2) is 9.44. The van der Waals surface area contributed by atoms with Crippen molar-refractivity contribution in [2.75, 3.05) is 25.5 Å². The van der Waals surface area contributed by atoms with Crippen LogP contribution in [0.5, 0.6) is 0 Å². The van der Waals surface area contributed by atoms with Crippen LogP contribution < -0.4 is 10.9 Å². The fraction of sp³-hybridized carbons (Fsp3) is 0.722. The molecule has 0 aliphatic carbocycles. The summed E-state index contributed by atoms with van der Waals surface area (Å²) in [4.78, 5) is 25.5. The number of carbonyl (C=O) groups is 1. The Morgan fingerprint density at radius 3 is 2.52 bits per heavy atom. The van der Waals surface area contributed by atoms with Crippen molar-refractivity contribution in [2.24, 2.45) is 5.92 Å². The fourth-order valence-corrected chi connectivity index (χ4v) is 2.26. The van der Waals surface area contributed by atoms with Gasteiger partial charge in [0.05, 0.1) is 11.9 Å². The summed E-state index contributed by atoms with van der Waals surface area (Å²) < 4.78 is 6.80. The highest BCUT2D eigenvalue weighted by Crippen LogP contribution is 2.10. The average molecular weight is 352 g/mol. The first-order valence-electron chi connectivity index (χ1n) is 8.91. The fourth-order valence-electron chi connectivity index (χ4n) is 2.26. The lowest BCUT2D eigenvalue weighted by molar-refractivity contribution is 0.0305. The zero-order chi connectivity index (χ0) is 19.0.